The first-order chi connectivity index (χ1) is 5.24. The molecule has 0 aromatic heterocycles. The second-order valence-electron chi connectivity index (χ2n) is 2.13. The van der Waals surface area contributed by atoms with Crippen molar-refractivity contribution < 1.29 is 0 Å². The first kappa shape index (κ1) is 10.5. The zero-order valence-corrected chi connectivity index (χ0v) is 7.78. The molecular formula is C9H14ClN. The van der Waals surface area contributed by atoms with Gasteiger partial charge in [0.25, 0.3) is 0 Å². The molecule has 0 heterocycles. The molecule has 11 heavy (non-hydrogen) atoms. The fourth-order valence-corrected chi connectivity index (χ4v) is 0.817. The average molecular weight is 172 g/mol. The Bertz CT molecular complexity index is 180. The highest BCUT2D eigenvalue weighted by Gasteiger charge is 1.89. The fourth-order valence-electron chi connectivity index (χ4n) is 0.677. The van der Waals surface area contributed by atoms with Crippen LogP contribution in [0, 0.1) is 0 Å². The minimum Gasteiger partial charge on any atom is -0.316 e. The van der Waals surface area contributed by atoms with E-state index in [1.165, 1.54) is 0 Å². The van der Waals surface area contributed by atoms with E-state index in [1.54, 1.807) is 6.08 Å². The number of rotatable bonds is 4. The minimum absolute atomic E-state index is 0.674. The maximum Gasteiger partial charge on any atom is 0.0403 e. The van der Waals surface area contributed by atoms with E-state index in [2.05, 4.69) is 11.9 Å². The van der Waals surface area contributed by atoms with Gasteiger partial charge in [-0.05, 0) is 25.6 Å². The third kappa shape index (κ3) is 4.82. The third-order valence-electron chi connectivity index (χ3n) is 1.27. The van der Waals surface area contributed by atoms with Gasteiger partial charge < -0.3 is 5.32 Å². The van der Waals surface area contributed by atoms with Crippen LogP contribution in [0.25, 0.3) is 0 Å². The van der Waals surface area contributed by atoms with E-state index < -0.39 is 0 Å². The molecule has 0 rings (SSSR count). The summed E-state index contributed by atoms with van der Waals surface area (Å²) in [5.74, 6) is 0. The van der Waals surface area contributed by atoms with E-state index in [4.69, 9.17) is 11.6 Å². The standard InChI is InChI=1S/C9H14ClN/c1-4-8(7-11-3)6-9(10)5-2/h4-6,11H,2,7H2,1,3H3/b8-4+,9-6+. The van der Waals surface area contributed by atoms with Crippen molar-refractivity contribution in [1.82, 2.24) is 5.32 Å². The summed E-state index contributed by atoms with van der Waals surface area (Å²) in [7, 11) is 1.90. The zero-order valence-electron chi connectivity index (χ0n) is 7.02. The summed E-state index contributed by atoms with van der Waals surface area (Å²) in [4.78, 5) is 0. The molecule has 0 radical (unpaired) electrons. The summed E-state index contributed by atoms with van der Waals surface area (Å²) in [6.07, 6.45) is 5.54. The van der Waals surface area contributed by atoms with Crippen LogP contribution in [0.1, 0.15) is 6.92 Å². The fraction of sp³-hybridized carbons (Fsp3) is 0.333. The highest BCUT2D eigenvalue weighted by Crippen LogP contribution is 2.06. The highest BCUT2D eigenvalue weighted by molar-refractivity contribution is 6.31. The van der Waals surface area contributed by atoms with Crippen LogP contribution < -0.4 is 5.32 Å². The molecule has 0 fully saturated rings. The van der Waals surface area contributed by atoms with Gasteiger partial charge in [0.05, 0.1) is 0 Å². The molecule has 62 valence electrons. The third-order valence-corrected chi connectivity index (χ3v) is 1.53. The van der Waals surface area contributed by atoms with Crippen LogP contribution in [0.4, 0.5) is 0 Å². The molecule has 0 bridgehead atoms. The Hall–Kier alpha value is -0.530. The number of likely N-dealkylation sites (N-methyl/N-ethyl adjacent to an activating group) is 1. The lowest BCUT2D eigenvalue weighted by atomic mass is 10.2. The van der Waals surface area contributed by atoms with Gasteiger partial charge in [-0.25, -0.2) is 0 Å². The highest BCUT2D eigenvalue weighted by atomic mass is 35.5. The van der Waals surface area contributed by atoms with Crippen LogP contribution in [0.15, 0.2) is 35.4 Å². The van der Waals surface area contributed by atoms with Gasteiger partial charge in [0.2, 0.25) is 0 Å². The van der Waals surface area contributed by atoms with E-state index in [1.807, 2.05) is 26.1 Å². The average Bonchev–Trinajstić information content (AvgIpc) is 2.03. The maximum atomic E-state index is 5.75. The van der Waals surface area contributed by atoms with Gasteiger partial charge >= 0.3 is 0 Å². The number of halogens is 1. The lowest BCUT2D eigenvalue weighted by Crippen LogP contribution is -2.09. The Kier molecular flexibility index (Phi) is 5.90. The quantitative estimate of drug-likeness (QED) is 0.641. The van der Waals surface area contributed by atoms with Gasteiger partial charge in [0.1, 0.15) is 0 Å². The summed E-state index contributed by atoms with van der Waals surface area (Å²) in [5, 5.41) is 3.72. The number of nitrogens with one attached hydrogen (secondary N) is 1. The predicted molar refractivity (Wildman–Crippen MR) is 51.8 cm³/mol. The SMILES string of the molecule is C=C/C(Cl)=C\C(=C/C)CNC. The van der Waals surface area contributed by atoms with E-state index in [0.29, 0.717) is 5.03 Å². The van der Waals surface area contributed by atoms with Crippen LogP contribution >= 0.6 is 11.6 Å². The predicted octanol–water partition coefficient (Wildman–Crippen LogP) is 2.46. The molecule has 0 aromatic rings. The van der Waals surface area contributed by atoms with Gasteiger partial charge in [-0.15, -0.1) is 0 Å². The normalized spacial score (nSPS) is 13.4. The molecule has 0 unspecified atom stereocenters. The van der Waals surface area contributed by atoms with Crippen molar-refractivity contribution in [2.24, 2.45) is 0 Å². The van der Waals surface area contributed by atoms with E-state index in [-0.39, 0.29) is 0 Å². The van der Waals surface area contributed by atoms with Crippen molar-refractivity contribution in [3.8, 4) is 0 Å². The van der Waals surface area contributed by atoms with Gasteiger partial charge in [0, 0.05) is 11.6 Å². The minimum atomic E-state index is 0.674. The van der Waals surface area contributed by atoms with Gasteiger partial charge in [0.15, 0.2) is 0 Å². The van der Waals surface area contributed by atoms with Gasteiger partial charge in [-0.1, -0.05) is 30.3 Å². The van der Waals surface area contributed by atoms with Crippen LogP contribution in [-0.2, 0) is 0 Å². The molecule has 0 aliphatic heterocycles. The van der Waals surface area contributed by atoms with Crippen LogP contribution in [0.5, 0.6) is 0 Å². The lowest BCUT2D eigenvalue weighted by Gasteiger charge is -1.99. The first-order valence-corrected chi connectivity index (χ1v) is 3.91. The Morgan fingerprint density at radius 2 is 2.27 bits per heavy atom. The van der Waals surface area contributed by atoms with E-state index in [0.717, 1.165) is 12.1 Å². The molecule has 0 saturated heterocycles. The Morgan fingerprint density at radius 1 is 1.64 bits per heavy atom. The molecule has 1 nitrogen and oxygen atoms in total. The van der Waals surface area contributed by atoms with Crippen LogP contribution in [-0.4, -0.2) is 13.6 Å². The van der Waals surface area contributed by atoms with Crippen molar-refractivity contribution in [3.05, 3.63) is 35.4 Å². The van der Waals surface area contributed by atoms with Crippen molar-refractivity contribution in [2.45, 2.75) is 6.92 Å². The molecule has 2 heteroatoms. The molecular weight excluding hydrogens is 158 g/mol. The van der Waals surface area contributed by atoms with Crippen LogP contribution in [0.2, 0.25) is 0 Å². The summed E-state index contributed by atoms with van der Waals surface area (Å²) in [6, 6.07) is 0. The number of hydrogen-bond acceptors (Lipinski definition) is 1. The zero-order chi connectivity index (χ0) is 8.69. The molecule has 0 amide bonds. The van der Waals surface area contributed by atoms with Gasteiger partial charge in [-0.2, -0.15) is 0 Å². The molecule has 0 atom stereocenters. The molecule has 0 aliphatic carbocycles. The summed E-state index contributed by atoms with van der Waals surface area (Å²) >= 11 is 5.75. The Labute approximate surface area is 73.4 Å². The number of allylic oxidation sites excluding steroid dienone is 3. The van der Waals surface area contributed by atoms with E-state index in [9.17, 15) is 0 Å². The van der Waals surface area contributed by atoms with Crippen LogP contribution in [0.3, 0.4) is 0 Å². The topological polar surface area (TPSA) is 12.0 Å². The second kappa shape index (κ2) is 6.20. The first-order valence-electron chi connectivity index (χ1n) is 3.54. The molecule has 0 spiro atoms. The Balaban J connectivity index is 4.18. The summed E-state index contributed by atoms with van der Waals surface area (Å²) in [6.45, 7) is 6.38. The van der Waals surface area contributed by atoms with E-state index >= 15 is 0 Å². The lowest BCUT2D eigenvalue weighted by molar-refractivity contribution is 0.894. The second-order valence-corrected chi connectivity index (χ2v) is 2.56. The molecule has 0 aromatic carbocycles. The van der Waals surface area contributed by atoms with Crippen molar-refractivity contribution in [1.29, 1.82) is 0 Å². The largest absolute Gasteiger partial charge is 0.316 e. The summed E-state index contributed by atoms with van der Waals surface area (Å²) in [5.41, 5.74) is 1.16. The maximum absolute atomic E-state index is 5.75. The smallest absolute Gasteiger partial charge is 0.0403 e. The van der Waals surface area contributed by atoms with Gasteiger partial charge in [-0.3, -0.25) is 0 Å². The molecule has 0 saturated carbocycles. The molecule has 0 aliphatic rings. The van der Waals surface area contributed by atoms with Crippen molar-refractivity contribution >= 4 is 11.6 Å². The monoisotopic (exact) mass is 171 g/mol. The summed E-state index contributed by atoms with van der Waals surface area (Å²) < 4.78 is 0. The number of hydrogen-bond donors (Lipinski definition) is 1. The Morgan fingerprint density at radius 3 is 2.64 bits per heavy atom. The van der Waals surface area contributed by atoms with Crippen molar-refractivity contribution in [3.63, 3.8) is 0 Å². The van der Waals surface area contributed by atoms with Crippen molar-refractivity contribution in [2.75, 3.05) is 13.6 Å². The molecule has 1 N–H and O–H groups in total.